The van der Waals surface area contributed by atoms with Gasteiger partial charge in [0.05, 0.1) is 11.4 Å². The average molecular weight is 525 g/mol. The van der Waals surface area contributed by atoms with Gasteiger partial charge in [0, 0.05) is 22.5 Å². The maximum absolute atomic E-state index is 5.22. The summed E-state index contributed by atoms with van der Waals surface area (Å²) in [6.07, 6.45) is 0. The number of para-hydroxylation sites is 1. The molecular formula is C38H40N2. The summed E-state index contributed by atoms with van der Waals surface area (Å²) in [5, 5.41) is 3.54. The molecule has 0 saturated heterocycles. The minimum absolute atomic E-state index is 0.0438. The molecule has 0 bridgehead atoms. The van der Waals surface area contributed by atoms with E-state index in [0.717, 1.165) is 33.9 Å². The SMILES string of the molecule is Cc1ccccc1-c1cc(-c2cc(C(C)(C)C)cc(C(C)(C)C)c2)cc(-c2cccc(Nc3ccccc3)c2)n1. The first-order valence-electron chi connectivity index (χ1n) is 14.1. The molecule has 40 heavy (non-hydrogen) atoms. The molecule has 1 aromatic heterocycles. The number of benzene rings is 4. The Kier molecular flexibility index (Phi) is 7.38. The molecule has 0 amide bonds. The molecule has 0 aliphatic rings. The molecule has 0 radical (unpaired) electrons. The molecule has 5 aromatic rings. The number of rotatable bonds is 5. The number of anilines is 2. The molecule has 5 rings (SSSR count). The van der Waals surface area contributed by atoms with Gasteiger partial charge in [0.1, 0.15) is 0 Å². The van der Waals surface area contributed by atoms with E-state index in [1.807, 2.05) is 18.2 Å². The zero-order chi connectivity index (χ0) is 28.5. The highest BCUT2D eigenvalue weighted by molar-refractivity contribution is 5.79. The second kappa shape index (κ2) is 10.8. The summed E-state index contributed by atoms with van der Waals surface area (Å²) in [4.78, 5) is 5.22. The lowest BCUT2D eigenvalue weighted by Crippen LogP contribution is -2.16. The van der Waals surface area contributed by atoms with E-state index in [4.69, 9.17) is 4.98 Å². The molecule has 2 heteroatoms. The van der Waals surface area contributed by atoms with Gasteiger partial charge in [-0.05, 0) is 82.0 Å². The first kappa shape index (κ1) is 27.4. The van der Waals surface area contributed by atoms with Crippen LogP contribution in [0.1, 0.15) is 58.2 Å². The molecule has 0 fully saturated rings. The smallest absolute Gasteiger partial charge is 0.0718 e. The van der Waals surface area contributed by atoms with Gasteiger partial charge in [-0.25, -0.2) is 4.98 Å². The third kappa shape index (κ3) is 6.18. The molecule has 0 spiro atoms. The largest absolute Gasteiger partial charge is 0.356 e. The highest BCUT2D eigenvalue weighted by atomic mass is 14.9. The molecule has 0 aliphatic heterocycles. The normalized spacial score (nSPS) is 11.9. The van der Waals surface area contributed by atoms with Crippen LogP contribution in [0.15, 0.2) is 109 Å². The summed E-state index contributed by atoms with van der Waals surface area (Å²) < 4.78 is 0. The first-order valence-corrected chi connectivity index (χ1v) is 14.1. The van der Waals surface area contributed by atoms with E-state index < -0.39 is 0 Å². The third-order valence-electron chi connectivity index (χ3n) is 7.47. The number of hydrogen-bond donors (Lipinski definition) is 1. The van der Waals surface area contributed by atoms with E-state index in [1.54, 1.807) is 0 Å². The van der Waals surface area contributed by atoms with Crippen molar-refractivity contribution in [3.63, 3.8) is 0 Å². The van der Waals surface area contributed by atoms with Gasteiger partial charge in [-0.1, -0.05) is 114 Å². The number of hydrogen-bond acceptors (Lipinski definition) is 2. The molecule has 1 heterocycles. The second-order valence-corrected chi connectivity index (χ2v) is 12.8. The zero-order valence-corrected chi connectivity index (χ0v) is 24.8. The van der Waals surface area contributed by atoms with Crippen LogP contribution in [0.4, 0.5) is 11.4 Å². The van der Waals surface area contributed by atoms with Crippen molar-refractivity contribution in [2.45, 2.75) is 59.3 Å². The number of nitrogens with one attached hydrogen (secondary N) is 1. The van der Waals surface area contributed by atoms with Gasteiger partial charge >= 0.3 is 0 Å². The first-order chi connectivity index (χ1) is 19.0. The van der Waals surface area contributed by atoms with Crippen LogP contribution in [-0.2, 0) is 10.8 Å². The quantitative estimate of drug-likeness (QED) is 0.247. The van der Waals surface area contributed by atoms with E-state index in [1.165, 1.54) is 27.8 Å². The third-order valence-corrected chi connectivity index (χ3v) is 7.47. The minimum Gasteiger partial charge on any atom is -0.356 e. The fourth-order valence-corrected chi connectivity index (χ4v) is 4.95. The molecule has 202 valence electrons. The molecule has 2 nitrogen and oxygen atoms in total. The van der Waals surface area contributed by atoms with Crippen LogP contribution in [-0.4, -0.2) is 4.98 Å². The van der Waals surface area contributed by atoms with Crippen molar-refractivity contribution in [1.29, 1.82) is 0 Å². The van der Waals surface area contributed by atoms with Gasteiger partial charge in [0.15, 0.2) is 0 Å². The molecule has 0 aliphatic carbocycles. The van der Waals surface area contributed by atoms with E-state index in [-0.39, 0.29) is 10.8 Å². The number of aromatic nitrogens is 1. The number of nitrogens with zero attached hydrogens (tertiary/aromatic N) is 1. The van der Waals surface area contributed by atoms with Gasteiger partial charge in [0.25, 0.3) is 0 Å². The van der Waals surface area contributed by atoms with E-state index in [2.05, 4.69) is 145 Å². The van der Waals surface area contributed by atoms with Crippen LogP contribution < -0.4 is 5.32 Å². The van der Waals surface area contributed by atoms with Crippen LogP contribution in [0.3, 0.4) is 0 Å². The Labute approximate surface area is 240 Å². The maximum atomic E-state index is 5.22. The van der Waals surface area contributed by atoms with Crippen molar-refractivity contribution in [3.8, 4) is 33.6 Å². The summed E-state index contributed by atoms with van der Waals surface area (Å²) in [5.74, 6) is 0. The summed E-state index contributed by atoms with van der Waals surface area (Å²) in [6.45, 7) is 15.9. The van der Waals surface area contributed by atoms with Crippen molar-refractivity contribution in [2.24, 2.45) is 0 Å². The second-order valence-electron chi connectivity index (χ2n) is 12.8. The molecular weight excluding hydrogens is 484 g/mol. The highest BCUT2D eigenvalue weighted by Gasteiger charge is 2.21. The van der Waals surface area contributed by atoms with Crippen LogP contribution in [0, 0.1) is 6.92 Å². The van der Waals surface area contributed by atoms with E-state index in [0.29, 0.717) is 0 Å². The Hall–Kier alpha value is -4.17. The van der Waals surface area contributed by atoms with Crippen LogP contribution in [0.5, 0.6) is 0 Å². The Bertz CT molecular complexity index is 1600. The molecule has 0 saturated carbocycles. The molecule has 4 aromatic carbocycles. The van der Waals surface area contributed by atoms with Gasteiger partial charge in [-0.2, -0.15) is 0 Å². The van der Waals surface area contributed by atoms with Crippen LogP contribution >= 0.6 is 0 Å². The lowest BCUT2D eigenvalue weighted by atomic mass is 9.79. The lowest BCUT2D eigenvalue weighted by molar-refractivity contribution is 0.569. The van der Waals surface area contributed by atoms with Gasteiger partial charge in [0.2, 0.25) is 0 Å². The minimum atomic E-state index is 0.0438. The molecule has 1 N–H and O–H groups in total. The monoisotopic (exact) mass is 524 g/mol. The number of aryl methyl sites for hydroxylation is 1. The summed E-state index contributed by atoms with van der Waals surface area (Å²) in [7, 11) is 0. The van der Waals surface area contributed by atoms with Crippen molar-refractivity contribution in [3.05, 3.63) is 126 Å². The van der Waals surface area contributed by atoms with Crippen molar-refractivity contribution in [2.75, 3.05) is 5.32 Å². The van der Waals surface area contributed by atoms with Crippen molar-refractivity contribution >= 4 is 11.4 Å². The van der Waals surface area contributed by atoms with Crippen molar-refractivity contribution < 1.29 is 0 Å². The van der Waals surface area contributed by atoms with Crippen molar-refractivity contribution in [1.82, 2.24) is 4.98 Å². The topological polar surface area (TPSA) is 24.9 Å². The zero-order valence-electron chi connectivity index (χ0n) is 24.8. The Morgan fingerprint density at radius 2 is 1.07 bits per heavy atom. The predicted molar refractivity (Wildman–Crippen MR) is 172 cm³/mol. The maximum Gasteiger partial charge on any atom is 0.0718 e. The molecule has 0 unspecified atom stereocenters. The van der Waals surface area contributed by atoms with E-state index in [9.17, 15) is 0 Å². The Morgan fingerprint density at radius 1 is 0.500 bits per heavy atom. The van der Waals surface area contributed by atoms with Gasteiger partial charge in [-0.15, -0.1) is 0 Å². The summed E-state index contributed by atoms with van der Waals surface area (Å²) in [5.41, 5.74) is 12.7. The molecule has 0 atom stereocenters. The Morgan fingerprint density at radius 3 is 1.73 bits per heavy atom. The van der Waals surface area contributed by atoms with Gasteiger partial charge < -0.3 is 5.32 Å². The van der Waals surface area contributed by atoms with Gasteiger partial charge in [-0.3, -0.25) is 0 Å². The fourth-order valence-electron chi connectivity index (χ4n) is 4.95. The summed E-state index contributed by atoms with van der Waals surface area (Å²) >= 11 is 0. The number of pyridine rings is 1. The average Bonchev–Trinajstić information content (AvgIpc) is 2.92. The predicted octanol–water partition coefficient (Wildman–Crippen LogP) is 10.7. The van der Waals surface area contributed by atoms with Crippen LogP contribution in [0.2, 0.25) is 0 Å². The summed E-state index contributed by atoms with van der Waals surface area (Å²) in [6, 6.07) is 38.9. The highest BCUT2D eigenvalue weighted by Crippen LogP contribution is 2.37. The van der Waals surface area contributed by atoms with E-state index >= 15 is 0 Å². The standard InChI is InChI=1S/C38H40N2/c1-26-14-11-12-19-34(26)36-24-29(28-20-30(37(2,3)4)25-31(21-28)38(5,6)7)23-35(40-36)27-15-13-18-33(22-27)39-32-16-9-8-10-17-32/h8-25,39H,1-7H3. The fraction of sp³-hybridized carbons (Fsp3) is 0.237. The Balaban J connectivity index is 1.69. The van der Waals surface area contributed by atoms with Crippen LogP contribution in [0.25, 0.3) is 33.6 Å². The lowest BCUT2D eigenvalue weighted by Gasteiger charge is -2.26.